The van der Waals surface area contributed by atoms with Crippen molar-refractivity contribution in [3.8, 4) is 0 Å². The highest BCUT2D eigenvalue weighted by atomic mass is 16.4. The van der Waals surface area contributed by atoms with Crippen LogP contribution >= 0.6 is 0 Å². The Hall–Kier alpha value is -1.10. The molecule has 1 unspecified atom stereocenters. The minimum Gasteiger partial charge on any atom is -0.481 e. The zero-order chi connectivity index (χ0) is 13.1. The zero-order valence-electron chi connectivity index (χ0n) is 10.5. The summed E-state index contributed by atoms with van der Waals surface area (Å²) >= 11 is 0. The number of hydrogen-bond donors (Lipinski definition) is 2. The fourth-order valence-corrected chi connectivity index (χ4v) is 2.24. The molecule has 5 heteroatoms. The summed E-state index contributed by atoms with van der Waals surface area (Å²) in [5, 5.41) is 17.7. The highest BCUT2D eigenvalue weighted by molar-refractivity contribution is 5.86. The van der Waals surface area contributed by atoms with Gasteiger partial charge in [-0.25, -0.2) is 0 Å². The number of aliphatic hydroxyl groups is 1. The maximum absolute atomic E-state index is 11.7. The van der Waals surface area contributed by atoms with Crippen LogP contribution in [0.5, 0.6) is 0 Å². The molecule has 0 radical (unpaired) electrons. The van der Waals surface area contributed by atoms with E-state index in [0.717, 1.165) is 6.42 Å². The largest absolute Gasteiger partial charge is 0.481 e. The van der Waals surface area contributed by atoms with Crippen LogP contribution in [0, 0.1) is 11.3 Å². The van der Waals surface area contributed by atoms with Crippen molar-refractivity contribution in [3.05, 3.63) is 0 Å². The Morgan fingerprint density at radius 3 is 2.65 bits per heavy atom. The first-order chi connectivity index (χ1) is 7.85. The van der Waals surface area contributed by atoms with E-state index in [2.05, 4.69) is 0 Å². The standard InChI is InChI=1S/C12H21NO4/c1-12(2,4-3-5-14)8-13-7-9(11(16)17)6-10(13)15/h9,14H,3-8H2,1-2H3,(H,16,17). The van der Waals surface area contributed by atoms with Crippen LogP contribution in [0.1, 0.15) is 33.1 Å². The summed E-state index contributed by atoms with van der Waals surface area (Å²) in [7, 11) is 0. The van der Waals surface area contributed by atoms with Gasteiger partial charge in [0.15, 0.2) is 0 Å². The molecule has 1 saturated heterocycles. The topological polar surface area (TPSA) is 77.8 Å². The number of carboxylic acid groups (broad SMARTS) is 1. The van der Waals surface area contributed by atoms with Gasteiger partial charge < -0.3 is 15.1 Å². The first kappa shape index (κ1) is 14.0. The number of carbonyl (C=O) groups is 2. The molecule has 0 spiro atoms. The maximum Gasteiger partial charge on any atom is 0.308 e. The highest BCUT2D eigenvalue weighted by Gasteiger charge is 2.36. The van der Waals surface area contributed by atoms with Gasteiger partial charge in [-0.15, -0.1) is 0 Å². The number of carboxylic acids is 1. The minimum absolute atomic E-state index is 0.0746. The lowest BCUT2D eigenvalue weighted by Crippen LogP contribution is -2.36. The Balaban J connectivity index is 2.51. The smallest absolute Gasteiger partial charge is 0.308 e. The molecular weight excluding hydrogens is 222 g/mol. The van der Waals surface area contributed by atoms with Crippen molar-refractivity contribution in [1.82, 2.24) is 4.90 Å². The van der Waals surface area contributed by atoms with Gasteiger partial charge in [-0.05, 0) is 18.3 Å². The predicted octanol–water partition coefficient (Wildman–Crippen LogP) is 0.718. The number of hydrogen-bond acceptors (Lipinski definition) is 3. The van der Waals surface area contributed by atoms with E-state index in [-0.39, 0.29) is 24.3 Å². The second-order valence-electron chi connectivity index (χ2n) is 5.50. The highest BCUT2D eigenvalue weighted by Crippen LogP contribution is 2.27. The molecular formula is C12H21NO4. The Kier molecular flexibility index (Phi) is 4.51. The van der Waals surface area contributed by atoms with Crippen LogP contribution in [0.15, 0.2) is 0 Å². The molecule has 1 aliphatic heterocycles. The number of nitrogens with zero attached hydrogens (tertiary/aromatic N) is 1. The fraction of sp³-hybridized carbons (Fsp3) is 0.833. The average molecular weight is 243 g/mol. The monoisotopic (exact) mass is 243 g/mol. The van der Waals surface area contributed by atoms with Crippen molar-refractivity contribution in [2.75, 3.05) is 19.7 Å². The number of aliphatic carboxylic acids is 1. The molecule has 0 bridgehead atoms. The van der Waals surface area contributed by atoms with Crippen LogP contribution in [0.3, 0.4) is 0 Å². The van der Waals surface area contributed by atoms with Crippen LogP contribution in [-0.4, -0.2) is 46.7 Å². The molecule has 2 N–H and O–H groups in total. The van der Waals surface area contributed by atoms with Gasteiger partial charge in [0.25, 0.3) is 0 Å². The van der Waals surface area contributed by atoms with E-state index in [4.69, 9.17) is 10.2 Å². The van der Waals surface area contributed by atoms with Crippen LogP contribution in [-0.2, 0) is 9.59 Å². The van der Waals surface area contributed by atoms with Crippen molar-refractivity contribution in [1.29, 1.82) is 0 Å². The first-order valence-corrected chi connectivity index (χ1v) is 5.97. The van der Waals surface area contributed by atoms with E-state index < -0.39 is 11.9 Å². The van der Waals surface area contributed by atoms with Crippen LogP contribution in [0.25, 0.3) is 0 Å². The fourth-order valence-electron chi connectivity index (χ4n) is 2.24. The van der Waals surface area contributed by atoms with Crippen molar-refractivity contribution in [2.45, 2.75) is 33.1 Å². The lowest BCUT2D eigenvalue weighted by Gasteiger charge is -2.30. The molecule has 98 valence electrons. The molecule has 1 heterocycles. The number of likely N-dealkylation sites (tertiary alicyclic amines) is 1. The molecule has 1 atom stereocenters. The molecule has 1 aliphatic rings. The third-order valence-corrected chi connectivity index (χ3v) is 3.19. The lowest BCUT2D eigenvalue weighted by atomic mass is 9.87. The molecule has 5 nitrogen and oxygen atoms in total. The van der Waals surface area contributed by atoms with Crippen molar-refractivity contribution in [3.63, 3.8) is 0 Å². The molecule has 0 aliphatic carbocycles. The summed E-state index contributed by atoms with van der Waals surface area (Å²) in [5.41, 5.74) is -0.0776. The molecule has 1 amide bonds. The molecule has 1 rings (SSSR count). The van der Waals surface area contributed by atoms with Gasteiger partial charge in [-0.1, -0.05) is 13.8 Å². The molecule has 0 aromatic rings. The summed E-state index contributed by atoms with van der Waals surface area (Å²) in [6, 6.07) is 0. The predicted molar refractivity (Wildman–Crippen MR) is 62.4 cm³/mol. The third kappa shape index (κ3) is 4.00. The third-order valence-electron chi connectivity index (χ3n) is 3.19. The van der Waals surface area contributed by atoms with E-state index in [1.807, 2.05) is 13.8 Å². The van der Waals surface area contributed by atoms with Gasteiger partial charge >= 0.3 is 5.97 Å². The van der Waals surface area contributed by atoms with Crippen molar-refractivity contribution >= 4 is 11.9 Å². The van der Waals surface area contributed by atoms with Crippen LogP contribution in [0.2, 0.25) is 0 Å². The molecule has 17 heavy (non-hydrogen) atoms. The summed E-state index contributed by atoms with van der Waals surface area (Å²) < 4.78 is 0. The first-order valence-electron chi connectivity index (χ1n) is 5.97. The van der Waals surface area contributed by atoms with Gasteiger partial charge in [0.05, 0.1) is 5.92 Å². The van der Waals surface area contributed by atoms with E-state index in [0.29, 0.717) is 19.5 Å². The van der Waals surface area contributed by atoms with E-state index >= 15 is 0 Å². The number of aliphatic hydroxyl groups excluding tert-OH is 1. The number of amides is 1. The van der Waals surface area contributed by atoms with Gasteiger partial charge in [-0.2, -0.15) is 0 Å². The van der Waals surface area contributed by atoms with Gasteiger partial charge in [0.2, 0.25) is 5.91 Å². The van der Waals surface area contributed by atoms with E-state index in [1.165, 1.54) is 0 Å². The minimum atomic E-state index is -0.894. The Morgan fingerprint density at radius 1 is 1.53 bits per heavy atom. The maximum atomic E-state index is 11.7. The Morgan fingerprint density at radius 2 is 2.18 bits per heavy atom. The number of rotatable bonds is 6. The summed E-state index contributed by atoms with van der Waals surface area (Å²) in [6.45, 7) is 5.09. The Bertz CT molecular complexity index is 301. The van der Waals surface area contributed by atoms with Gasteiger partial charge in [0.1, 0.15) is 0 Å². The second kappa shape index (κ2) is 5.49. The van der Waals surface area contributed by atoms with Gasteiger partial charge in [0, 0.05) is 26.1 Å². The normalized spacial score (nSPS) is 21.0. The molecule has 0 aromatic carbocycles. The molecule has 0 saturated carbocycles. The molecule has 1 fully saturated rings. The zero-order valence-corrected chi connectivity index (χ0v) is 10.5. The number of carbonyl (C=O) groups excluding carboxylic acids is 1. The SMILES string of the molecule is CC(C)(CCCO)CN1CC(C(=O)O)CC1=O. The van der Waals surface area contributed by atoms with Crippen molar-refractivity contribution < 1.29 is 19.8 Å². The van der Waals surface area contributed by atoms with Gasteiger partial charge in [-0.3, -0.25) is 9.59 Å². The second-order valence-corrected chi connectivity index (χ2v) is 5.50. The molecule has 0 aromatic heterocycles. The average Bonchev–Trinajstić information content (AvgIpc) is 2.57. The van der Waals surface area contributed by atoms with E-state index in [9.17, 15) is 9.59 Å². The summed E-state index contributed by atoms with van der Waals surface area (Å²) in [6.07, 6.45) is 1.65. The summed E-state index contributed by atoms with van der Waals surface area (Å²) in [4.78, 5) is 24.1. The van der Waals surface area contributed by atoms with Crippen LogP contribution < -0.4 is 0 Å². The van der Waals surface area contributed by atoms with Crippen molar-refractivity contribution in [2.24, 2.45) is 11.3 Å². The Labute approximate surface area is 101 Å². The quantitative estimate of drug-likeness (QED) is 0.720. The lowest BCUT2D eigenvalue weighted by molar-refractivity contribution is -0.141. The van der Waals surface area contributed by atoms with Crippen LogP contribution in [0.4, 0.5) is 0 Å². The van der Waals surface area contributed by atoms with E-state index in [1.54, 1.807) is 4.90 Å². The summed E-state index contributed by atoms with van der Waals surface area (Å²) in [5.74, 6) is -1.53.